The van der Waals surface area contributed by atoms with Crippen LogP contribution >= 0.6 is 24.0 Å². The molecular weight excluding hydrogens is 399 g/mol. The van der Waals surface area contributed by atoms with Crippen molar-refractivity contribution in [1.29, 1.82) is 0 Å². The highest BCUT2D eigenvalue weighted by Crippen LogP contribution is 2.22. The molecule has 0 amide bonds. The van der Waals surface area contributed by atoms with Crippen LogP contribution in [-0.4, -0.2) is 35.5 Å². The van der Waals surface area contributed by atoms with Crippen LogP contribution in [0.25, 0.3) is 10.9 Å². The number of hydrogen-bond acceptors (Lipinski definition) is 1. The van der Waals surface area contributed by atoms with Gasteiger partial charge >= 0.3 is 0 Å². The Hall–Kier alpha value is -1.24. The highest BCUT2D eigenvalue weighted by atomic mass is 127. The van der Waals surface area contributed by atoms with Crippen molar-refractivity contribution in [3.05, 3.63) is 35.5 Å². The molecule has 2 heterocycles. The fourth-order valence-electron chi connectivity index (χ4n) is 3.28. The van der Waals surface area contributed by atoms with Gasteiger partial charge < -0.3 is 15.6 Å². The molecule has 23 heavy (non-hydrogen) atoms. The Morgan fingerprint density at radius 1 is 1.35 bits per heavy atom. The lowest BCUT2D eigenvalue weighted by Gasteiger charge is -2.31. The van der Waals surface area contributed by atoms with Gasteiger partial charge in [-0.1, -0.05) is 19.1 Å². The molecule has 4 nitrogen and oxygen atoms in total. The first-order chi connectivity index (χ1) is 10.6. The molecule has 126 valence electrons. The zero-order chi connectivity index (χ0) is 15.5. The number of likely N-dealkylation sites (tertiary alicyclic amines) is 1. The molecule has 0 atom stereocenters. The largest absolute Gasteiger partial charge is 0.370 e. The van der Waals surface area contributed by atoms with E-state index in [1.807, 2.05) is 0 Å². The van der Waals surface area contributed by atoms with Gasteiger partial charge in [0.2, 0.25) is 0 Å². The molecule has 0 bridgehead atoms. The normalized spacial score (nSPS) is 16.6. The van der Waals surface area contributed by atoms with E-state index in [4.69, 9.17) is 5.73 Å². The summed E-state index contributed by atoms with van der Waals surface area (Å²) < 4.78 is 0. The van der Waals surface area contributed by atoms with Crippen LogP contribution in [0, 0.1) is 12.8 Å². The molecule has 2 aromatic rings. The SMILES string of the molecule is Cc1cccc2[nH]cc(CCN=C(N)N3CCC(C)CC3)c12.I. The van der Waals surface area contributed by atoms with Crippen molar-refractivity contribution in [2.75, 3.05) is 19.6 Å². The monoisotopic (exact) mass is 426 g/mol. The number of piperidine rings is 1. The lowest BCUT2D eigenvalue weighted by Crippen LogP contribution is -2.42. The van der Waals surface area contributed by atoms with E-state index in [9.17, 15) is 0 Å². The molecule has 0 spiro atoms. The minimum absolute atomic E-state index is 0. The van der Waals surface area contributed by atoms with Crippen LogP contribution in [-0.2, 0) is 6.42 Å². The molecule has 1 saturated heterocycles. The fourth-order valence-corrected chi connectivity index (χ4v) is 3.28. The topological polar surface area (TPSA) is 57.4 Å². The number of H-pyrrole nitrogens is 1. The van der Waals surface area contributed by atoms with Gasteiger partial charge in [0.15, 0.2) is 5.96 Å². The van der Waals surface area contributed by atoms with E-state index >= 15 is 0 Å². The summed E-state index contributed by atoms with van der Waals surface area (Å²) in [4.78, 5) is 10.2. The van der Waals surface area contributed by atoms with Crippen molar-refractivity contribution >= 4 is 40.8 Å². The molecule has 3 N–H and O–H groups in total. The second-order valence-electron chi connectivity index (χ2n) is 6.47. The van der Waals surface area contributed by atoms with E-state index in [0.717, 1.165) is 32.0 Å². The molecule has 0 saturated carbocycles. The lowest BCUT2D eigenvalue weighted by atomic mass is 10.00. The van der Waals surface area contributed by atoms with Crippen LogP contribution in [0.1, 0.15) is 30.9 Å². The third-order valence-electron chi connectivity index (χ3n) is 4.76. The first-order valence-corrected chi connectivity index (χ1v) is 8.25. The molecule has 1 fully saturated rings. The summed E-state index contributed by atoms with van der Waals surface area (Å²) in [6.45, 7) is 7.31. The number of guanidine groups is 1. The maximum absolute atomic E-state index is 6.14. The van der Waals surface area contributed by atoms with Crippen molar-refractivity contribution in [2.45, 2.75) is 33.1 Å². The number of halogens is 1. The predicted molar refractivity (Wildman–Crippen MR) is 109 cm³/mol. The molecule has 0 unspecified atom stereocenters. The highest BCUT2D eigenvalue weighted by Gasteiger charge is 2.16. The summed E-state index contributed by atoms with van der Waals surface area (Å²) in [6, 6.07) is 6.37. The smallest absolute Gasteiger partial charge is 0.191 e. The first-order valence-electron chi connectivity index (χ1n) is 8.25. The summed E-state index contributed by atoms with van der Waals surface area (Å²) in [6.07, 6.45) is 5.47. The third kappa shape index (κ3) is 4.19. The van der Waals surface area contributed by atoms with Gasteiger partial charge in [0.1, 0.15) is 0 Å². The average Bonchev–Trinajstić information content (AvgIpc) is 2.92. The third-order valence-corrected chi connectivity index (χ3v) is 4.76. The summed E-state index contributed by atoms with van der Waals surface area (Å²) in [5.74, 6) is 1.53. The van der Waals surface area contributed by atoms with Crippen molar-refractivity contribution < 1.29 is 0 Å². The minimum Gasteiger partial charge on any atom is -0.370 e. The average molecular weight is 426 g/mol. The van der Waals surface area contributed by atoms with Crippen LogP contribution in [0.15, 0.2) is 29.4 Å². The van der Waals surface area contributed by atoms with E-state index in [2.05, 4.69) is 53.1 Å². The second kappa shape index (κ2) is 8.04. The summed E-state index contributed by atoms with van der Waals surface area (Å²) >= 11 is 0. The summed E-state index contributed by atoms with van der Waals surface area (Å²) in [5.41, 5.74) is 10.00. The Morgan fingerprint density at radius 2 is 2.09 bits per heavy atom. The molecule has 1 aliphatic heterocycles. The van der Waals surface area contributed by atoms with Gasteiger partial charge in [0.05, 0.1) is 0 Å². The number of benzene rings is 1. The van der Waals surface area contributed by atoms with E-state index < -0.39 is 0 Å². The molecule has 0 aliphatic carbocycles. The summed E-state index contributed by atoms with van der Waals surface area (Å²) in [5, 5.41) is 1.34. The van der Waals surface area contributed by atoms with Crippen LogP contribution < -0.4 is 5.73 Å². The Labute approximate surface area is 155 Å². The van der Waals surface area contributed by atoms with Gasteiger partial charge in [-0.15, -0.1) is 24.0 Å². The van der Waals surface area contributed by atoms with Gasteiger partial charge in [-0.05, 0) is 49.3 Å². The second-order valence-corrected chi connectivity index (χ2v) is 6.47. The predicted octanol–water partition coefficient (Wildman–Crippen LogP) is 3.68. The number of aromatic nitrogens is 1. The molecule has 1 aromatic heterocycles. The van der Waals surface area contributed by atoms with Gasteiger partial charge in [0.25, 0.3) is 0 Å². The minimum atomic E-state index is 0. The van der Waals surface area contributed by atoms with Gasteiger partial charge in [0, 0.05) is 36.7 Å². The molecule has 1 aliphatic rings. The Balaban J connectivity index is 0.00000192. The maximum Gasteiger partial charge on any atom is 0.191 e. The molecule has 0 radical (unpaired) electrons. The van der Waals surface area contributed by atoms with Gasteiger partial charge in [-0.2, -0.15) is 0 Å². The van der Waals surface area contributed by atoms with Crippen LogP contribution in [0.2, 0.25) is 0 Å². The Kier molecular flexibility index (Phi) is 6.33. The van der Waals surface area contributed by atoms with E-state index in [0.29, 0.717) is 5.96 Å². The number of aromatic amines is 1. The standard InChI is InChI=1S/C18H26N4.HI/c1-13-7-10-22(11-8-13)18(19)20-9-6-15-12-21-16-5-3-4-14(2)17(15)16;/h3-5,12-13,21H,6-11H2,1-2H3,(H2,19,20);1H. The number of nitrogens with zero attached hydrogens (tertiary/aromatic N) is 2. The van der Waals surface area contributed by atoms with E-state index in [1.54, 1.807) is 0 Å². The van der Waals surface area contributed by atoms with Crippen molar-refractivity contribution in [3.63, 3.8) is 0 Å². The molecule has 1 aromatic carbocycles. The zero-order valence-electron chi connectivity index (χ0n) is 14.0. The van der Waals surface area contributed by atoms with Gasteiger partial charge in [-0.3, -0.25) is 4.99 Å². The first kappa shape index (κ1) is 18.1. The maximum atomic E-state index is 6.14. The number of aliphatic imine (C=N–C) groups is 1. The number of nitrogens with one attached hydrogen (secondary N) is 1. The van der Waals surface area contributed by atoms with E-state index in [1.165, 1.54) is 34.9 Å². The van der Waals surface area contributed by atoms with Crippen molar-refractivity contribution in [2.24, 2.45) is 16.6 Å². The zero-order valence-corrected chi connectivity index (χ0v) is 16.3. The fraction of sp³-hybridized carbons (Fsp3) is 0.500. The summed E-state index contributed by atoms with van der Waals surface area (Å²) in [7, 11) is 0. The van der Waals surface area contributed by atoms with Gasteiger partial charge in [-0.25, -0.2) is 0 Å². The van der Waals surface area contributed by atoms with Crippen LogP contribution in [0.4, 0.5) is 0 Å². The van der Waals surface area contributed by atoms with Crippen LogP contribution in [0.3, 0.4) is 0 Å². The lowest BCUT2D eigenvalue weighted by molar-refractivity contribution is 0.277. The number of nitrogens with two attached hydrogens (primary N) is 1. The van der Waals surface area contributed by atoms with Crippen LogP contribution in [0.5, 0.6) is 0 Å². The number of fused-ring (bicyclic) bond motifs is 1. The van der Waals surface area contributed by atoms with Crippen molar-refractivity contribution in [3.8, 4) is 0 Å². The molecular formula is C18H27IN4. The van der Waals surface area contributed by atoms with Crippen molar-refractivity contribution in [1.82, 2.24) is 9.88 Å². The van der Waals surface area contributed by atoms with E-state index in [-0.39, 0.29) is 24.0 Å². The Bertz CT molecular complexity index is 669. The highest BCUT2D eigenvalue weighted by molar-refractivity contribution is 14.0. The number of rotatable bonds is 3. The number of hydrogen-bond donors (Lipinski definition) is 2. The quantitative estimate of drug-likeness (QED) is 0.447. The molecule has 3 rings (SSSR count). The molecule has 5 heteroatoms. The number of aryl methyl sites for hydroxylation is 1. The Morgan fingerprint density at radius 3 is 2.83 bits per heavy atom.